The van der Waals surface area contributed by atoms with Gasteiger partial charge in [-0.2, -0.15) is 0 Å². The average molecular weight is 367 g/mol. The highest BCUT2D eigenvalue weighted by Gasteiger charge is 2.15. The summed E-state index contributed by atoms with van der Waals surface area (Å²) >= 11 is 0. The topological polar surface area (TPSA) is 80.9 Å². The Balaban J connectivity index is 2.38. The number of aliphatic hydroxyl groups excluding tert-OH is 4. The highest BCUT2D eigenvalue weighted by Crippen LogP contribution is 2.44. The van der Waals surface area contributed by atoms with E-state index >= 15 is 0 Å². The molecule has 0 radical (unpaired) electrons. The molecule has 130 valence electrons. The number of rotatable bonds is 7. The maximum Gasteiger partial charge on any atom is 0.0693 e. The summed E-state index contributed by atoms with van der Waals surface area (Å²) in [5, 5.41) is 38.5. The number of benzene rings is 2. The van der Waals surface area contributed by atoms with Crippen LogP contribution in [0.3, 0.4) is 0 Å². The Labute approximate surface area is 150 Å². The second-order valence-electron chi connectivity index (χ2n) is 5.62. The molecule has 0 amide bonds. The van der Waals surface area contributed by atoms with Gasteiger partial charge in [0.2, 0.25) is 0 Å². The van der Waals surface area contributed by atoms with Gasteiger partial charge in [0, 0.05) is 9.79 Å². The molecule has 0 saturated heterocycles. The second-order valence-corrected chi connectivity index (χ2v) is 7.77. The molecule has 0 aliphatic heterocycles. The Morgan fingerprint density at radius 1 is 0.583 bits per heavy atom. The summed E-state index contributed by atoms with van der Waals surface area (Å²) in [5.74, 6) is 0. The van der Waals surface area contributed by atoms with Crippen molar-refractivity contribution in [1.29, 1.82) is 0 Å². The smallest absolute Gasteiger partial charge is 0.0693 e. The third-order valence-corrected chi connectivity index (χ3v) is 6.38. The molecular weight excluding hydrogens is 344 g/mol. The van der Waals surface area contributed by atoms with Crippen LogP contribution in [-0.4, -0.2) is 20.4 Å². The summed E-state index contributed by atoms with van der Waals surface area (Å²) in [6, 6.07) is 7.60. The Morgan fingerprint density at radius 3 is 1.04 bits per heavy atom. The van der Waals surface area contributed by atoms with Gasteiger partial charge in [0.1, 0.15) is 0 Å². The highest BCUT2D eigenvalue weighted by atomic mass is 33.1. The Hall–Kier alpha value is -1.02. The molecule has 0 atom stereocenters. The molecule has 0 bridgehead atoms. The average Bonchev–Trinajstić information content (AvgIpc) is 2.59. The van der Waals surface area contributed by atoms with Gasteiger partial charge >= 0.3 is 0 Å². The molecule has 4 N–H and O–H groups in total. The lowest BCUT2D eigenvalue weighted by atomic mass is 10.1. The summed E-state index contributed by atoms with van der Waals surface area (Å²) < 4.78 is 0. The predicted molar refractivity (Wildman–Crippen MR) is 97.8 cm³/mol. The van der Waals surface area contributed by atoms with Gasteiger partial charge in [-0.25, -0.2) is 0 Å². The molecule has 2 aromatic carbocycles. The molecule has 24 heavy (non-hydrogen) atoms. The van der Waals surface area contributed by atoms with Crippen LogP contribution in [0.1, 0.15) is 33.4 Å². The zero-order chi connectivity index (χ0) is 17.7. The van der Waals surface area contributed by atoms with Crippen molar-refractivity contribution in [2.45, 2.75) is 50.1 Å². The third kappa shape index (κ3) is 4.33. The van der Waals surface area contributed by atoms with Crippen LogP contribution in [-0.2, 0) is 26.4 Å². The van der Waals surface area contributed by atoms with Crippen LogP contribution in [0.2, 0.25) is 0 Å². The molecule has 0 unspecified atom stereocenters. The number of aryl methyl sites for hydroxylation is 2. The van der Waals surface area contributed by atoms with E-state index in [-0.39, 0.29) is 26.4 Å². The van der Waals surface area contributed by atoms with Crippen LogP contribution in [0.4, 0.5) is 0 Å². The van der Waals surface area contributed by atoms with Gasteiger partial charge in [0.05, 0.1) is 26.4 Å². The molecule has 0 aliphatic rings. The van der Waals surface area contributed by atoms with Gasteiger partial charge in [-0.1, -0.05) is 57.0 Å². The summed E-state index contributed by atoms with van der Waals surface area (Å²) in [7, 11) is 2.85. The molecule has 4 nitrogen and oxygen atoms in total. The zero-order valence-electron chi connectivity index (χ0n) is 13.7. The van der Waals surface area contributed by atoms with E-state index in [0.29, 0.717) is 0 Å². The first-order valence-corrected chi connectivity index (χ1v) is 9.71. The standard InChI is InChI=1S/C18H22O4S2/c1-11-3-13(7-19)17(14(4-11)8-20)23-24-18-15(9-21)5-12(2)6-16(18)10-22/h3-6,19-22H,7-10H2,1-2H3. The van der Waals surface area contributed by atoms with E-state index in [2.05, 4.69) is 0 Å². The summed E-state index contributed by atoms with van der Waals surface area (Å²) in [6.45, 7) is 3.42. The minimum atomic E-state index is -0.106. The summed E-state index contributed by atoms with van der Waals surface area (Å²) in [6.07, 6.45) is 0. The molecule has 0 saturated carbocycles. The van der Waals surface area contributed by atoms with E-state index in [4.69, 9.17) is 0 Å². The van der Waals surface area contributed by atoms with Gasteiger partial charge < -0.3 is 20.4 Å². The monoisotopic (exact) mass is 366 g/mol. The van der Waals surface area contributed by atoms with Crippen molar-refractivity contribution in [1.82, 2.24) is 0 Å². The minimum absolute atomic E-state index is 0.106. The quantitative estimate of drug-likeness (QED) is 0.564. The van der Waals surface area contributed by atoms with Crippen molar-refractivity contribution in [2.75, 3.05) is 0 Å². The van der Waals surface area contributed by atoms with Crippen LogP contribution in [0.25, 0.3) is 0 Å². The van der Waals surface area contributed by atoms with Crippen LogP contribution in [0.15, 0.2) is 34.1 Å². The third-order valence-electron chi connectivity index (χ3n) is 3.66. The Kier molecular flexibility index (Phi) is 7.16. The molecule has 0 fully saturated rings. The number of aliphatic hydroxyl groups is 4. The normalized spacial score (nSPS) is 11.1. The summed E-state index contributed by atoms with van der Waals surface area (Å²) in [5.41, 5.74) is 5.03. The lowest BCUT2D eigenvalue weighted by molar-refractivity contribution is 0.269. The molecule has 2 aromatic rings. The van der Waals surface area contributed by atoms with Crippen molar-refractivity contribution in [3.63, 3.8) is 0 Å². The van der Waals surface area contributed by atoms with Crippen LogP contribution in [0.5, 0.6) is 0 Å². The van der Waals surface area contributed by atoms with Crippen molar-refractivity contribution in [3.05, 3.63) is 57.6 Å². The van der Waals surface area contributed by atoms with E-state index in [0.717, 1.165) is 43.2 Å². The van der Waals surface area contributed by atoms with Crippen LogP contribution < -0.4 is 0 Å². The Morgan fingerprint density at radius 2 is 0.833 bits per heavy atom. The molecular formula is C18H22O4S2. The number of hydrogen-bond donors (Lipinski definition) is 4. The zero-order valence-corrected chi connectivity index (χ0v) is 15.4. The molecule has 0 aromatic heterocycles. The van der Waals surface area contributed by atoms with Crippen molar-refractivity contribution in [2.24, 2.45) is 0 Å². The van der Waals surface area contributed by atoms with Gasteiger partial charge in [0.15, 0.2) is 0 Å². The lowest BCUT2D eigenvalue weighted by Crippen LogP contribution is -1.98. The molecule has 2 rings (SSSR count). The van der Waals surface area contributed by atoms with E-state index < -0.39 is 0 Å². The van der Waals surface area contributed by atoms with Crippen molar-refractivity contribution >= 4 is 21.6 Å². The second kappa shape index (κ2) is 8.89. The van der Waals surface area contributed by atoms with Crippen molar-refractivity contribution in [3.8, 4) is 0 Å². The van der Waals surface area contributed by atoms with E-state index in [1.165, 1.54) is 21.6 Å². The largest absolute Gasteiger partial charge is 0.392 e. The number of hydrogen-bond acceptors (Lipinski definition) is 6. The van der Waals surface area contributed by atoms with Crippen molar-refractivity contribution < 1.29 is 20.4 Å². The molecule has 6 heteroatoms. The maximum atomic E-state index is 9.61. The first-order chi connectivity index (χ1) is 11.5. The van der Waals surface area contributed by atoms with E-state index in [9.17, 15) is 20.4 Å². The first kappa shape index (κ1) is 19.3. The van der Waals surface area contributed by atoms with Gasteiger partial charge in [-0.15, -0.1) is 0 Å². The van der Waals surface area contributed by atoms with Gasteiger partial charge in [-0.3, -0.25) is 0 Å². The van der Waals surface area contributed by atoms with E-state index in [1.807, 2.05) is 38.1 Å². The maximum absolute atomic E-state index is 9.61. The fourth-order valence-electron chi connectivity index (χ4n) is 2.62. The lowest BCUT2D eigenvalue weighted by Gasteiger charge is -2.16. The molecule has 0 aliphatic carbocycles. The summed E-state index contributed by atoms with van der Waals surface area (Å²) in [4.78, 5) is 1.65. The Bertz CT molecular complexity index is 605. The minimum Gasteiger partial charge on any atom is -0.392 e. The van der Waals surface area contributed by atoms with E-state index in [1.54, 1.807) is 0 Å². The SMILES string of the molecule is Cc1cc(CO)c(SSc2c(CO)cc(C)cc2CO)c(CO)c1. The molecule has 0 heterocycles. The van der Waals surface area contributed by atoms with Gasteiger partial charge in [-0.05, 0) is 36.1 Å². The van der Waals surface area contributed by atoms with Crippen LogP contribution in [0, 0.1) is 13.8 Å². The highest BCUT2D eigenvalue weighted by molar-refractivity contribution is 8.76. The first-order valence-electron chi connectivity index (χ1n) is 7.56. The van der Waals surface area contributed by atoms with Crippen LogP contribution >= 0.6 is 21.6 Å². The van der Waals surface area contributed by atoms with Gasteiger partial charge in [0.25, 0.3) is 0 Å². The predicted octanol–water partition coefficient (Wildman–Crippen LogP) is 3.07. The fourth-order valence-corrected chi connectivity index (χ4v) is 5.50. The fraction of sp³-hybridized carbons (Fsp3) is 0.333. The molecule has 0 spiro atoms.